The van der Waals surface area contributed by atoms with E-state index in [0.29, 0.717) is 12.8 Å². The van der Waals surface area contributed by atoms with Crippen molar-refractivity contribution in [2.75, 3.05) is 7.11 Å². The molecule has 1 saturated heterocycles. The van der Waals surface area contributed by atoms with Crippen molar-refractivity contribution in [3.05, 3.63) is 29.8 Å². The topological polar surface area (TPSA) is 52.6 Å². The number of Topliss-reactive ketones (excluding diaryl/α,β-unsaturated/α-hetero) is 1. The van der Waals surface area contributed by atoms with Crippen LogP contribution in [0.1, 0.15) is 63.0 Å². The van der Waals surface area contributed by atoms with Gasteiger partial charge in [-0.15, -0.1) is 0 Å². The summed E-state index contributed by atoms with van der Waals surface area (Å²) in [5, 5.41) is 0. The fourth-order valence-corrected chi connectivity index (χ4v) is 4.82. The van der Waals surface area contributed by atoms with Gasteiger partial charge in [-0.2, -0.15) is 0 Å². The molecule has 2 spiro atoms. The van der Waals surface area contributed by atoms with E-state index in [1.54, 1.807) is 7.11 Å². The summed E-state index contributed by atoms with van der Waals surface area (Å²) in [5.74, 6) is 0.633. The Bertz CT molecular complexity index is 651. The Kier molecular flexibility index (Phi) is 3.66. The Hall–Kier alpha value is -1.84. The monoisotopic (exact) mass is 328 g/mol. The number of ether oxygens (including phenoxy) is 2. The molecule has 2 saturated carbocycles. The summed E-state index contributed by atoms with van der Waals surface area (Å²) in [4.78, 5) is 26.2. The van der Waals surface area contributed by atoms with E-state index in [1.165, 1.54) is 0 Å². The van der Waals surface area contributed by atoms with Crippen LogP contribution in [0.3, 0.4) is 0 Å². The molecule has 3 aliphatic rings. The summed E-state index contributed by atoms with van der Waals surface area (Å²) < 4.78 is 11.2. The number of cyclic esters (lactones) is 1. The molecule has 4 nitrogen and oxygen atoms in total. The fourth-order valence-electron chi connectivity index (χ4n) is 4.82. The van der Waals surface area contributed by atoms with Crippen molar-refractivity contribution in [1.29, 1.82) is 0 Å². The average Bonchev–Trinajstić information content (AvgIpc) is 2.58. The van der Waals surface area contributed by atoms with Gasteiger partial charge < -0.3 is 9.47 Å². The van der Waals surface area contributed by atoms with E-state index in [-0.39, 0.29) is 11.8 Å². The molecule has 3 fully saturated rings. The molecule has 1 heterocycles. The van der Waals surface area contributed by atoms with Crippen LogP contribution < -0.4 is 4.74 Å². The molecule has 0 amide bonds. The maximum Gasteiger partial charge on any atom is 0.320 e. The van der Waals surface area contributed by atoms with Gasteiger partial charge in [-0.1, -0.05) is 37.8 Å². The first-order valence-corrected chi connectivity index (χ1v) is 9.02. The molecule has 0 N–H and O–H groups in total. The van der Waals surface area contributed by atoms with Crippen molar-refractivity contribution >= 4 is 11.8 Å². The van der Waals surface area contributed by atoms with Crippen LogP contribution in [0.25, 0.3) is 0 Å². The van der Waals surface area contributed by atoms with Crippen molar-refractivity contribution in [2.24, 2.45) is 10.8 Å². The van der Waals surface area contributed by atoms with Crippen LogP contribution in [0.4, 0.5) is 0 Å². The van der Waals surface area contributed by atoms with Crippen molar-refractivity contribution < 1.29 is 19.1 Å². The van der Waals surface area contributed by atoms with Crippen LogP contribution in [0.15, 0.2) is 24.3 Å². The molecular formula is C20H24O4. The number of benzene rings is 1. The summed E-state index contributed by atoms with van der Waals surface area (Å²) in [6, 6.07) is 7.61. The van der Waals surface area contributed by atoms with Crippen LogP contribution in [-0.4, -0.2) is 18.9 Å². The highest BCUT2D eigenvalue weighted by atomic mass is 16.5. The summed E-state index contributed by atoms with van der Waals surface area (Å²) in [6.07, 6.45) is 6.72. The Labute approximate surface area is 142 Å². The molecule has 1 aromatic rings. The molecule has 24 heavy (non-hydrogen) atoms. The van der Waals surface area contributed by atoms with Crippen molar-refractivity contribution in [3.8, 4) is 5.75 Å². The van der Waals surface area contributed by atoms with Gasteiger partial charge in [0.2, 0.25) is 0 Å². The number of carbonyl (C=O) groups excluding carboxylic acids is 2. The van der Waals surface area contributed by atoms with Crippen molar-refractivity contribution in [2.45, 2.75) is 57.5 Å². The quantitative estimate of drug-likeness (QED) is 0.608. The van der Waals surface area contributed by atoms with E-state index in [0.717, 1.165) is 49.8 Å². The van der Waals surface area contributed by atoms with Crippen LogP contribution >= 0.6 is 0 Å². The van der Waals surface area contributed by atoms with Crippen LogP contribution in [-0.2, 0) is 14.3 Å². The number of hydrogen-bond donors (Lipinski definition) is 0. The van der Waals surface area contributed by atoms with Crippen LogP contribution in [0.5, 0.6) is 5.75 Å². The Morgan fingerprint density at radius 1 is 0.958 bits per heavy atom. The van der Waals surface area contributed by atoms with E-state index in [1.807, 2.05) is 24.3 Å². The van der Waals surface area contributed by atoms with Gasteiger partial charge in [-0.05, 0) is 43.4 Å². The molecule has 1 atom stereocenters. The highest BCUT2D eigenvalue weighted by Crippen LogP contribution is 2.60. The minimum Gasteiger partial charge on any atom is -0.497 e. The third kappa shape index (κ3) is 2.04. The average molecular weight is 328 g/mol. The lowest BCUT2D eigenvalue weighted by Gasteiger charge is -2.53. The van der Waals surface area contributed by atoms with E-state index in [9.17, 15) is 9.59 Å². The second-order valence-electron chi connectivity index (χ2n) is 7.54. The number of carbonyl (C=O) groups is 2. The minimum absolute atomic E-state index is 0.165. The lowest BCUT2D eigenvalue weighted by atomic mass is 9.52. The second kappa shape index (κ2) is 5.61. The lowest BCUT2D eigenvalue weighted by Crippen LogP contribution is -2.60. The van der Waals surface area contributed by atoms with Crippen molar-refractivity contribution in [1.82, 2.24) is 0 Å². The maximum atomic E-state index is 13.5. The molecule has 1 unspecified atom stereocenters. The normalized spacial score (nSPS) is 27.6. The summed E-state index contributed by atoms with van der Waals surface area (Å²) in [5.41, 5.74) is -0.449. The van der Waals surface area contributed by atoms with E-state index >= 15 is 0 Å². The zero-order chi connectivity index (χ0) is 16.8. The molecule has 4 rings (SSSR count). The zero-order valence-corrected chi connectivity index (χ0v) is 14.2. The van der Waals surface area contributed by atoms with E-state index in [2.05, 4.69) is 0 Å². The molecule has 4 heteroatoms. The number of methoxy groups -OCH3 is 1. The lowest BCUT2D eigenvalue weighted by molar-refractivity contribution is -0.202. The van der Waals surface area contributed by atoms with Crippen LogP contribution in [0.2, 0.25) is 0 Å². The predicted molar refractivity (Wildman–Crippen MR) is 88.6 cm³/mol. The minimum atomic E-state index is -0.833. The smallest absolute Gasteiger partial charge is 0.320 e. The maximum absolute atomic E-state index is 13.5. The molecule has 0 aromatic heterocycles. The van der Waals surface area contributed by atoms with Gasteiger partial charge in [0.25, 0.3) is 0 Å². The Balaban J connectivity index is 1.76. The molecule has 1 aliphatic heterocycles. The van der Waals surface area contributed by atoms with Crippen LogP contribution in [0, 0.1) is 10.8 Å². The van der Waals surface area contributed by atoms with E-state index in [4.69, 9.17) is 9.47 Å². The fraction of sp³-hybridized carbons (Fsp3) is 0.600. The third-order valence-electron chi connectivity index (χ3n) is 6.38. The highest BCUT2D eigenvalue weighted by molar-refractivity contribution is 6.09. The highest BCUT2D eigenvalue weighted by Gasteiger charge is 2.65. The SMILES string of the molecule is COc1ccc(C2OC(=O)C3(CCC3)C(=O)C23CCCCC3)cc1. The Morgan fingerprint density at radius 3 is 2.17 bits per heavy atom. The first-order chi connectivity index (χ1) is 11.6. The van der Waals surface area contributed by atoms with Gasteiger partial charge in [-0.25, -0.2) is 0 Å². The predicted octanol–water partition coefficient (Wildman–Crippen LogP) is 3.98. The largest absolute Gasteiger partial charge is 0.497 e. The Morgan fingerprint density at radius 2 is 1.62 bits per heavy atom. The van der Waals surface area contributed by atoms with E-state index < -0.39 is 16.9 Å². The summed E-state index contributed by atoms with van der Waals surface area (Å²) >= 11 is 0. The molecule has 128 valence electrons. The number of esters is 1. The third-order valence-corrected chi connectivity index (χ3v) is 6.38. The van der Waals surface area contributed by atoms with Gasteiger partial charge in [0, 0.05) is 0 Å². The molecule has 1 aromatic carbocycles. The molecule has 2 aliphatic carbocycles. The zero-order valence-electron chi connectivity index (χ0n) is 14.2. The van der Waals surface area contributed by atoms with Gasteiger partial charge in [-0.3, -0.25) is 9.59 Å². The van der Waals surface area contributed by atoms with Gasteiger partial charge in [0.05, 0.1) is 12.5 Å². The first-order valence-electron chi connectivity index (χ1n) is 9.02. The first kappa shape index (κ1) is 15.7. The second-order valence-corrected chi connectivity index (χ2v) is 7.54. The standard InChI is InChI=1S/C20H24O4/c1-23-15-8-6-14(7-9-15)16-19(10-3-2-4-11-19)17(21)20(12-5-13-20)18(22)24-16/h6-9,16H,2-5,10-13H2,1H3. The summed E-state index contributed by atoms with van der Waals surface area (Å²) in [6.45, 7) is 0. The van der Waals surface area contributed by atoms with Gasteiger partial charge in [0.1, 0.15) is 17.3 Å². The number of rotatable bonds is 2. The molecular weight excluding hydrogens is 304 g/mol. The van der Waals surface area contributed by atoms with Crippen molar-refractivity contribution in [3.63, 3.8) is 0 Å². The van der Waals surface area contributed by atoms with Gasteiger partial charge in [0.15, 0.2) is 5.78 Å². The van der Waals surface area contributed by atoms with Gasteiger partial charge >= 0.3 is 5.97 Å². The number of hydrogen-bond acceptors (Lipinski definition) is 4. The molecule has 0 bridgehead atoms. The number of ketones is 1. The summed E-state index contributed by atoms with van der Waals surface area (Å²) in [7, 11) is 1.63. The molecule has 0 radical (unpaired) electrons.